The molecule has 1 atom stereocenters. The molecule has 8 heteroatoms. The normalized spacial score (nSPS) is 19.7. The molecule has 1 N–H and O–H groups in total. The zero-order valence-corrected chi connectivity index (χ0v) is 19.7. The summed E-state index contributed by atoms with van der Waals surface area (Å²) in [6.45, 7) is 6.88. The maximum Gasteiger partial charge on any atom is 0.252 e. The van der Waals surface area contributed by atoms with Gasteiger partial charge in [0.25, 0.3) is 5.56 Å². The number of hydrogen-bond donors (Lipinski definition) is 1. The van der Waals surface area contributed by atoms with Gasteiger partial charge in [-0.2, -0.15) is 0 Å². The van der Waals surface area contributed by atoms with Crippen LogP contribution in [0.4, 0.5) is 0 Å². The van der Waals surface area contributed by atoms with Crippen LogP contribution in [0.3, 0.4) is 0 Å². The standard InChI is InChI=1S/C25H34N6O2/c1-17-11-18(2)24-19(12-17)13-20(25(32)26-24)14-30(21-7-4-3-5-8-21)16-23-27-28-29-31(23)15-22-9-6-10-33-22/h11-13,21-22H,3-10,14-16H2,1-2H3,(H,26,32)/t22-/m0/s1. The van der Waals surface area contributed by atoms with Crippen LogP contribution < -0.4 is 5.56 Å². The van der Waals surface area contributed by atoms with Gasteiger partial charge in [-0.05, 0) is 73.0 Å². The van der Waals surface area contributed by atoms with E-state index in [1.54, 1.807) is 0 Å². The minimum atomic E-state index is -0.00536. The molecular weight excluding hydrogens is 416 g/mol. The molecule has 0 spiro atoms. The molecule has 1 aliphatic heterocycles. The number of ether oxygens (including phenoxy) is 1. The third kappa shape index (κ3) is 5.01. The molecule has 33 heavy (non-hydrogen) atoms. The second kappa shape index (κ2) is 9.73. The molecule has 1 aromatic carbocycles. The molecule has 0 radical (unpaired) electrons. The summed E-state index contributed by atoms with van der Waals surface area (Å²) in [5, 5.41) is 13.6. The van der Waals surface area contributed by atoms with E-state index in [4.69, 9.17) is 4.74 Å². The number of tetrazole rings is 1. The van der Waals surface area contributed by atoms with E-state index < -0.39 is 0 Å². The number of nitrogens with one attached hydrogen (secondary N) is 1. The maximum atomic E-state index is 13.0. The van der Waals surface area contributed by atoms with Crippen molar-refractivity contribution in [3.63, 3.8) is 0 Å². The van der Waals surface area contributed by atoms with Crippen LogP contribution in [0.1, 0.15) is 67.5 Å². The second-order valence-corrected chi connectivity index (χ2v) is 9.78. The molecule has 1 aliphatic carbocycles. The van der Waals surface area contributed by atoms with Gasteiger partial charge < -0.3 is 9.72 Å². The first kappa shape index (κ1) is 22.2. The van der Waals surface area contributed by atoms with Crippen LogP contribution in [-0.2, 0) is 24.4 Å². The van der Waals surface area contributed by atoms with Crippen molar-refractivity contribution in [2.75, 3.05) is 6.61 Å². The predicted octanol–water partition coefficient (Wildman–Crippen LogP) is 3.65. The molecule has 2 aromatic heterocycles. The highest BCUT2D eigenvalue weighted by atomic mass is 16.5. The number of hydrogen-bond acceptors (Lipinski definition) is 6. The lowest BCUT2D eigenvalue weighted by Crippen LogP contribution is -2.38. The first-order valence-corrected chi connectivity index (χ1v) is 12.3. The average molecular weight is 451 g/mol. The van der Waals surface area contributed by atoms with E-state index in [0.717, 1.165) is 60.1 Å². The lowest BCUT2D eigenvalue weighted by atomic mass is 9.93. The Morgan fingerprint density at radius 2 is 1.94 bits per heavy atom. The number of rotatable bonds is 7. The van der Waals surface area contributed by atoms with Gasteiger partial charge >= 0.3 is 0 Å². The molecule has 2 fully saturated rings. The Kier molecular flexibility index (Phi) is 6.55. The fraction of sp³-hybridized carbons (Fsp3) is 0.600. The minimum absolute atomic E-state index is 0.00536. The quantitative estimate of drug-likeness (QED) is 0.591. The highest BCUT2D eigenvalue weighted by Crippen LogP contribution is 2.26. The van der Waals surface area contributed by atoms with Gasteiger partial charge in [0.15, 0.2) is 5.82 Å². The Hall–Kier alpha value is -2.58. The summed E-state index contributed by atoms with van der Waals surface area (Å²) in [5.41, 5.74) is 4.03. The fourth-order valence-corrected chi connectivity index (χ4v) is 5.47. The zero-order chi connectivity index (χ0) is 22.8. The van der Waals surface area contributed by atoms with E-state index in [9.17, 15) is 4.79 Å². The molecule has 1 saturated heterocycles. The number of nitrogens with zero attached hydrogens (tertiary/aromatic N) is 5. The molecule has 0 amide bonds. The molecule has 176 valence electrons. The highest BCUT2D eigenvalue weighted by Gasteiger charge is 2.26. The Labute approximate surface area is 194 Å². The van der Waals surface area contributed by atoms with Gasteiger partial charge in [0, 0.05) is 24.8 Å². The van der Waals surface area contributed by atoms with Crippen LogP contribution in [0.25, 0.3) is 10.9 Å². The zero-order valence-electron chi connectivity index (χ0n) is 19.7. The van der Waals surface area contributed by atoms with Crippen molar-refractivity contribution in [1.82, 2.24) is 30.1 Å². The third-order valence-corrected chi connectivity index (χ3v) is 7.19. The van der Waals surface area contributed by atoms with E-state index in [1.165, 1.54) is 24.8 Å². The topological polar surface area (TPSA) is 88.9 Å². The van der Waals surface area contributed by atoms with E-state index in [-0.39, 0.29) is 11.7 Å². The highest BCUT2D eigenvalue weighted by molar-refractivity contribution is 5.82. The van der Waals surface area contributed by atoms with Crippen LogP contribution in [0.2, 0.25) is 0 Å². The van der Waals surface area contributed by atoms with Gasteiger partial charge in [0.05, 0.1) is 24.7 Å². The number of aromatic amines is 1. The van der Waals surface area contributed by atoms with E-state index >= 15 is 0 Å². The number of aryl methyl sites for hydroxylation is 2. The molecule has 0 bridgehead atoms. The van der Waals surface area contributed by atoms with Crippen molar-refractivity contribution < 1.29 is 4.74 Å². The van der Waals surface area contributed by atoms with Crippen LogP contribution in [0, 0.1) is 13.8 Å². The first-order chi connectivity index (χ1) is 16.1. The van der Waals surface area contributed by atoms with Crippen LogP contribution >= 0.6 is 0 Å². The van der Waals surface area contributed by atoms with Crippen LogP contribution in [-0.4, -0.2) is 48.8 Å². The molecule has 8 nitrogen and oxygen atoms in total. The number of H-pyrrole nitrogens is 1. The Balaban J connectivity index is 1.42. The Morgan fingerprint density at radius 3 is 2.73 bits per heavy atom. The third-order valence-electron chi connectivity index (χ3n) is 7.19. The summed E-state index contributed by atoms with van der Waals surface area (Å²) < 4.78 is 7.69. The van der Waals surface area contributed by atoms with Crippen molar-refractivity contribution in [3.05, 3.63) is 51.1 Å². The van der Waals surface area contributed by atoms with E-state index in [1.807, 2.05) is 11.6 Å². The van der Waals surface area contributed by atoms with Gasteiger partial charge in [0.1, 0.15) is 0 Å². The van der Waals surface area contributed by atoms with Crippen molar-refractivity contribution in [2.45, 2.75) is 90.6 Å². The SMILES string of the molecule is Cc1cc(C)c2[nH]c(=O)c(CN(Cc3nnnn3C[C@@H]3CCCO3)C3CCCCC3)cc2c1. The van der Waals surface area contributed by atoms with Gasteiger partial charge in [-0.15, -0.1) is 5.10 Å². The number of aromatic nitrogens is 5. The van der Waals surface area contributed by atoms with Crippen LogP contribution in [0.5, 0.6) is 0 Å². The number of pyridine rings is 1. The summed E-state index contributed by atoms with van der Waals surface area (Å²) in [4.78, 5) is 18.6. The molecular formula is C25H34N6O2. The lowest BCUT2D eigenvalue weighted by Gasteiger charge is -2.34. The maximum absolute atomic E-state index is 13.0. The molecule has 5 rings (SSSR count). The lowest BCUT2D eigenvalue weighted by molar-refractivity contribution is 0.0893. The predicted molar refractivity (Wildman–Crippen MR) is 127 cm³/mol. The van der Waals surface area contributed by atoms with Gasteiger partial charge in [-0.3, -0.25) is 9.69 Å². The van der Waals surface area contributed by atoms with Crippen molar-refractivity contribution in [1.29, 1.82) is 0 Å². The molecule has 0 unspecified atom stereocenters. The molecule has 3 heterocycles. The number of benzene rings is 1. The van der Waals surface area contributed by atoms with Gasteiger partial charge in [-0.1, -0.05) is 30.9 Å². The fourth-order valence-electron chi connectivity index (χ4n) is 5.47. The van der Waals surface area contributed by atoms with Gasteiger partial charge in [0.2, 0.25) is 0 Å². The van der Waals surface area contributed by atoms with E-state index in [2.05, 4.69) is 50.5 Å². The van der Waals surface area contributed by atoms with Crippen molar-refractivity contribution in [3.8, 4) is 0 Å². The van der Waals surface area contributed by atoms with Crippen LogP contribution in [0.15, 0.2) is 23.0 Å². The summed E-state index contributed by atoms with van der Waals surface area (Å²) in [6.07, 6.45) is 8.38. The van der Waals surface area contributed by atoms with Crippen molar-refractivity contribution >= 4 is 10.9 Å². The molecule has 1 saturated carbocycles. The Morgan fingerprint density at radius 1 is 1.09 bits per heavy atom. The minimum Gasteiger partial charge on any atom is -0.376 e. The monoisotopic (exact) mass is 450 g/mol. The average Bonchev–Trinajstić information content (AvgIpc) is 3.48. The Bertz CT molecular complexity index is 1160. The van der Waals surface area contributed by atoms with E-state index in [0.29, 0.717) is 25.7 Å². The van der Waals surface area contributed by atoms with Crippen molar-refractivity contribution in [2.24, 2.45) is 0 Å². The second-order valence-electron chi connectivity index (χ2n) is 9.78. The molecule has 2 aliphatic rings. The number of fused-ring (bicyclic) bond motifs is 1. The summed E-state index contributed by atoms with van der Waals surface area (Å²) in [5.74, 6) is 0.847. The molecule has 3 aromatic rings. The largest absolute Gasteiger partial charge is 0.376 e. The van der Waals surface area contributed by atoms with Gasteiger partial charge in [-0.25, -0.2) is 4.68 Å². The first-order valence-electron chi connectivity index (χ1n) is 12.3. The summed E-state index contributed by atoms with van der Waals surface area (Å²) >= 11 is 0. The smallest absolute Gasteiger partial charge is 0.252 e. The summed E-state index contributed by atoms with van der Waals surface area (Å²) in [7, 11) is 0. The summed E-state index contributed by atoms with van der Waals surface area (Å²) in [6, 6.07) is 6.76.